The number of rotatable bonds is 5. The van der Waals surface area contributed by atoms with Crippen LogP contribution in [0.5, 0.6) is 0 Å². The fourth-order valence-electron chi connectivity index (χ4n) is 1.86. The Balaban J connectivity index is 3.25. The Hall–Kier alpha value is -0.940. The molecule has 1 rings (SSSR count). The van der Waals surface area contributed by atoms with E-state index in [1.807, 2.05) is 20.8 Å². The molecular weight excluding hydrogens is 262 g/mol. The van der Waals surface area contributed by atoms with Crippen molar-refractivity contribution < 1.29 is 14.6 Å². The second kappa shape index (κ2) is 6.01. The zero-order valence-corrected chi connectivity index (χ0v) is 13.3. The molecule has 19 heavy (non-hydrogen) atoms. The Kier molecular flexibility index (Phi) is 5.10. The van der Waals surface area contributed by atoms with Gasteiger partial charge in [0, 0.05) is 6.61 Å². The summed E-state index contributed by atoms with van der Waals surface area (Å²) in [6.45, 7) is 12.7. The second-order valence-corrected chi connectivity index (χ2v) is 6.96. The van der Waals surface area contributed by atoms with E-state index in [1.54, 1.807) is 0 Å². The standard InChI is InChI=1S/C14H23NO3S/c1-7-18-11(14(4,5)6)12-15-9(8(2)3)10(19-12)13(16)17/h8,11H,7H2,1-6H3,(H,16,17). The van der Waals surface area contributed by atoms with Crippen LogP contribution in [0.15, 0.2) is 0 Å². The maximum Gasteiger partial charge on any atom is 0.347 e. The van der Waals surface area contributed by atoms with E-state index >= 15 is 0 Å². The van der Waals surface area contributed by atoms with Crippen molar-refractivity contribution in [3.63, 3.8) is 0 Å². The molecule has 4 nitrogen and oxygen atoms in total. The number of carbonyl (C=O) groups is 1. The Morgan fingerprint density at radius 1 is 1.42 bits per heavy atom. The molecule has 1 N–H and O–H groups in total. The number of thiazole rings is 1. The molecule has 5 heteroatoms. The van der Waals surface area contributed by atoms with Gasteiger partial charge in [0.15, 0.2) is 0 Å². The first-order valence-corrected chi connectivity index (χ1v) is 7.35. The van der Waals surface area contributed by atoms with Crippen molar-refractivity contribution >= 4 is 17.3 Å². The predicted molar refractivity (Wildman–Crippen MR) is 77.0 cm³/mol. The minimum absolute atomic E-state index is 0.0957. The third kappa shape index (κ3) is 3.76. The van der Waals surface area contributed by atoms with Crippen LogP contribution in [0.25, 0.3) is 0 Å². The number of carboxylic acids is 1. The van der Waals surface area contributed by atoms with Gasteiger partial charge in [-0.15, -0.1) is 11.3 Å². The molecule has 0 spiro atoms. The van der Waals surface area contributed by atoms with Crippen LogP contribution >= 0.6 is 11.3 Å². The summed E-state index contributed by atoms with van der Waals surface area (Å²) in [5.74, 6) is -0.810. The van der Waals surface area contributed by atoms with Gasteiger partial charge in [0.05, 0.1) is 5.69 Å². The summed E-state index contributed by atoms with van der Waals surface area (Å²) >= 11 is 1.24. The van der Waals surface area contributed by atoms with E-state index in [0.29, 0.717) is 17.2 Å². The van der Waals surface area contributed by atoms with E-state index < -0.39 is 5.97 Å². The first-order chi connectivity index (χ1) is 8.68. The van der Waals surface area contributed by atoms with Crippen molar-refractivity contribution in [1.29, 1.82) is 0 Å². The molecule has 1 aromatic rings. The lowest BCUT2D eigenvalue weighted by atomic mass is 9.89. The van der Waals surface area contributed by atoms with Gasteiger partial charge in [0.25, 0.3) is 0 Å². The molecule has 0 fully saturated rings. The summed E-state index contributed by atoms with van der Waals surface area (Å²) in [6, 6.07) is 0. The molecule has 0 aliphatic carbocycles. The zero-order valence-electron chi connectivity index (χ0n) is 12.5. The number of nitrogens with zero attached hydrogens (tertiary/aromatic N) is 1. The Labute approximate surface area is 118 Å². The van der Waals surface area contributed by atoms with Crippen molar-refractivity contribution in [2.75, 3.05) is 6.61 Å². The molecule has 108 valence electrons. The topological polar surface area (TPSA) is 59.4 Å². The Bertz CT molecular complexity index is 446. The number of aromatic carboxylic acids is 1. The van der Waals surface area contributed by atoms with E-state index in [-0.39, 0.29) is 17.4 Å². The summed E-state index contributed by atoms with van der Waals surface area (Å²) in [4.78, 5) is 16.2. The van der Waals surface area contributed by atoms with Gasteiger partial charge in [-0.2, -0.15) is 0 Å². The van der Waals surface area contributed by atoms with Crippen molar-refractivity contribution in [3.05, 3.63) is 15.6 Å². The molecule has 0 saturated heterocycles. The molecule has 1 heterocycles. The molecular formula is C14H23NO3S. The molecule has 1 atom stereocenters. The van der Waals surface area contributed by atoms with Crippen LogP contribution in [0.1, 0.15) is 73.9 Å². The Morgan fingerprint density at radius 2 is 2.00 bits per heavy atom. The van der Waals surface area contributed by atoms with Crippen LogP contribution in [-0.4, -0.2) is 22.7 Å². The molecule has 0 saturated carbocycles. The lowest BCUT2D eigenvalue weighted by Gasteiger charge is -2.28. The lowest BCUT2D eigenvalue weighted by Crippen LogP contribution is -2.21. The number of aromatic nitrogens is 1. The van der Waals surface area contributed by atoms with Crippen LogP contribution in [0.3, 0.4) is 0 Å². The third-order valence-corrected chi connectivity index (χ3v) is 3.86. The normalized spacial score (nSPS) is 13.8. The number of ether oxygens (including phenoxy) is 1. The quantitative estimate of drug-likeness (QED) is 0.885. The largest absolute Gasteiger partial charge is 0.477 e. The zero-order chi connectivity index (χ0) is 14.8. The van der Waals surface area contributed by atoms with Crippen LogP contribution in [0.2, 0.25) is 0 Å². The van der Waals surface area contributed by atoms with E-state index in [1.165, 1.54) is 11.3 Å². The van der Waals surface area contributed by atoms with Gasteiger partial charge in [-0.1, -0.05) is 34.6 Å². The third-order valence-electron chi connectivity index (χ3n) is 2.76. The average molecular weight is 285 g/mol. The minimum atomic E-state index is -0.906. The van der Waals surface area contributed by atoms with Gasteiger partial charge in [0.2, 0.25) is 0 Å². The van der Waals surface area contributed by atoms with Gasteiger partial charge in [-0.05, 0) is 18.3 Å². The highest BCUT2D eigenvalue weighted by molar-refractivity contribution is 7.13. The highest BCUT2D eigenvalue weighted by Gasteiger charge is 2.32. The van der Waals surface area contributed by atoms with Gasteiger partial charge < -0.3 is 9.84 Å². The van der Waals surface area contributed by atoms with Crippen molar-refractivity contribution in [2.45, 2.75) is 53.6 Å². The summed E-state index contributed by atoms with van der Waals surface area (Å²) < 4.78 is 5.78. The molecule has 0 bridgehead atoms. The van der Waals surface area contributed by atoms with Crippen molar-refractivity contribution in [2.24, 2.45) is 5.41 Å². The predicted octanol–water partition coefficient (Wildman–Crippen LogP) is 4.09. The lowest BCUT2D eigenvalue weighted by molar-refractivity contribution is -0.0134. The second-order valence-electron chi connectivity index (χ2n) is 5.93. The minimum Gasteiger partial charge on any atom is -0.477 e. The van der Waals surface area contributed by atoms with Crippen LogP contribution in [0.4, 0.5) is 0 Å². The van der Waals surface area contributed by atoms with Gasteiger partial charge in [-0.25, -0.2) is 9.78 Å². The van der Waals surface area contributed by atoms with Crippen molar-refractivity contribution in [1.82, 2.24) is 4.98 Å². The Morgan fingerprint density at radius 3 is 2.32 bits per heavy atom. The first kappa shape index (κ1) is 16.1. The number of carboxylic acid groups (broad SMARTS) is 1. The van der Waals surface area contributed by atoms with E-state index in [9.17, 15) is 9.90 Å². The average Bonchev–Trinajstić information content (AvgIpc) is 2.68. The highest BCUT2D eigenvalue weighted by atomic mass is 32.1. The van der Waals surface area contributed by atoms with Gasteiger partial charge in [-0.3, -0.25) is 0 Å². The molecule has 1 aromatic heterocycles. The fraction of sp³-hybridized carbons (Fsp3) is 0.714. The highest BCUT2D eigenvalue weighted by Crippen LogP contribution is 2.39. The van der Waals surface area contributed by atoms with Gasteiger partial charge >= 0.3 is 5.97 Å². The molecule has 0 amide bonds. The summed E-state index contributed by atoms with van der Waals surface area (Å²) in [5.41, 5.74) is 0.541. The summed E-state index contributed by atoms with van der Waals surface area (Å²) in [5, 5.41) is 10.0. The number of hydrogen-bond acceptors (Lipinski definition) is 4. The van der Waals surface area contributed by atoms with E-state index in [2.05, 4.69) is 25.8 Å². The maximum absolute atomic E-state index is 11.3. The monoisotopic (exact) mass is 285 g/mol. The molecule has 0 aliphatic rings. The van der Waals surface area contributed by atoms with E-state index in [0.717, 1.165) is 5.01 Å². The molecule has 0 aliphatic heterocycles. The fourth-order valence-corrected chi connectivity index (χ4v) is 3.22. The van der Waals surface area contributed by atoms with Crippen molar-refractivity contribution in [3.8, 4) is 0 Å². The SMILES string of the molecule is CCOC(c1nc(C(C)C)c(C(=O)O)s1)C(C)(C)C. The van der Waals surface area contributed by atoms with Crippen LogP contribution in [-0.2, 0) is 4.74 Å². The maximum atomic E-state index is 11.3. The smallest absolute Gasteiger partial charge is 0.347 e. The molecule has 0 radical (unpaired) electrons. The van der Waals surface area contributed by atoms with Crippen LogP contribution < -0.4 is 0 Å². The molecule has 0 aromatic carbocycles. The van der Waals surface area contributed by atoms with Crippen LogP contribution in [0, 0.1) is 5.41 Å². The summed E-state index contributed by atoms with van der Waals surface area (Å²) in [6.07, 6.45) is -0.173. The molecule has 1 unspecified atom stereocenters. The number of hydrogen-bond donors (Lipinski definition) is 1. The van der Waals surface area contributed by atoms with E-state index in [4.69, 9.17) is 4.74 Å². The van der Waals surface area contributed by atoms with Gasteiger partial charge in [0.1, 0.15) is 16.0 Å². The first-order valence-electron chi connectivity index (χ1n) is 6.54. The summed E-state index contributed by atoms with van der Waals surface area (Å²) in [7, 11) is 0.